The standard InChI is InChI=1S/C50H31N5S/c1-3-12-34(13-4-1)47-52-48(35-14-5-2-6-15-35)54-49(53-47)37-25-23-33-22-24-36(30-38(33)31-37)32-26-28-39(29-27-32)55-43-19-9-7-16-40(43)46-41(17-11-20-44(46)55)50-51-42-18-8-10-21-45(42)56-50/h1-31H. The summed E-state index contributed by atoms with van der Waals surface area (Å²) in [6.07, 6.45) is 0. The number of aromatic nitrogens is 5. The molecule has 11 rings (SSSR count). The second-order valence-corrected chi connectivity index (χ2v) is 14.9. The second kappa shape index (κ2) is 13.2. The van der Waals surface area contributed by atoms with Gasteiger partial charge < -0.3 is 4.57 Å². The SMILES string of the molecule is c1ccc(-c2nc(-c3ccccc3)nc(-c3ccc4ccc(-c5ccc(-n6c7ccccc7c7c(-c8nc9ccccc9s8)cccc76)cc5)cc4c3)n2)cc1. The minimum absolute atomic E-state index is 0.645. The van der Waals surface area contributed by atoms with Crippen LogP contribution in [0.1, 0.15) is 0 Å². The van der Waals surface area contributed by atoms with Gasteiger partial charge in [-0.25, -0.2) is 19.9 Å². The van der Waals surface area contributed by atoms with Crippen molar-refractivity contribution in [2.24, 2.45) is 0 Å². The van der Waals surface area contributed by atoms with Crippen LogP contribution in [0.15, 0.2) is 188 Å². The zero-order chi connectivity index (χ0) is 37.0. The number of hydrogen-bond donors (Lipinski definition) is 0. The van der Waals surface area contributed by atoms with Gasteiger partial charge in [0.1, 0.15) is 5.01 Å². The first kappa shape index (κ1) is 32.2. The summed E-state index contributed by atoms with van der Waals surface area (Å²) in [5, 5.41) is 5.76. The maximum absolute atomic E-state index is 5.04. The number of thiazole rings is 1. The average Bonchev–Trinajstić information content (AvgIpc) is 3.86. The molecular formula is C50H31N5S. The first-order valence-corrected chi connectivity index (χ1v) is 19.5. The largest absolute Gasteiger partial charge is 0.309 e. The minimum atomic E-state index is 0.645. The molecule has 6 heteroatoms. The number of hydrogen-bond acceptors (Lipinski definition) is 5. The third kappa shape index (κ3) is 5.54. The van der Waals surface area contributed by atoms with Gasteiger partial charge >= 0.3 is 0 Å². The van der Waals surface area contributed by atoms with Gasteiger partial charge in [0.25, 0.3) is 0 Å². The van der Waals surface area contributed by atoms with Crippen LogP contribution in [0.5, 0.6) is 0 Å². The van der Waals surface area contributed by atoms with E-state index < -0.39 is 0 Å². The molecule has 0 saturated heterocycles. The molecule has 5 nitrogen and oxygen atoms in total. The molecule has 0 saturated carbocycles. The van der Waals surface area contributed by atoms with Gasteiger partial charge in [-0.1, -0.05) is 140 Å². The monoisotopic (exact) mass is 733 g/mol. The van der Waals surface area contributed by atoms with E-state index in [0.29, 0.717) is 17.5 Å². The van der Waals surface area contributed by atoms with Gasteiger partial charge in [-0.05, 0) is 70.4 Å². The molecule has 0 N–H and O–H groups in total. The van der Waals surface area contributed by atoms with Gasteiger partial charge in [0.15, 0.2) is 17.5 Å². The van der Waals surface area contributed by atoms with E-state index >= 15 is 0 Å². The van der Waals surface area contributed by atoms with Crippen LogP contribution in [0, 0.1) is 0 Å². The third-order valence-electron chi connectivity index (χ3n) is 10.5. The predicted molar refractivity (Wildman–Crippen MR) is 232 cm³/mol. The van der Waals surface area contributed by atoms with Gasteiger partial charge in [0.2, 0.25) is 0 Å². The van der Waals surface area contributed by atoms with Crippen molar-refractivity contribution < 1.29 is 0 Å². The van der Waals surface area contributed by atoms with E-state index in [9.17, 15) is 0 Å². The van der Waals surface area contributed by atoms with Crippen LogP contribution in [0.3, 0.4) is 0 Å². The lowest BCUT2D eigenvalue weighted by Crippen LogP contribution is -2.00. The summed E-state index contributed by atoms with van der Waals surface area (Å²) < 4.78 is 3.57. The number of para-hydroxylation sites is 2. The Bertz CT molecular complexity index is 3150. The number of fused-ring (bicyclic) bond motifs is 5. The van der Waals surface area contributed by atoms with Crippen molar-refractivity contribution in [2.75, 3.05) is 0 Å². The Kier molecular flexibility index (Phi) is 7.60. The lowest BCUT2D eigenvalue weighted by atomic mass is 9.99. The molecule has 0 spiro atoms. The van der Waals surface area contributed by atoms with Crippen molar-refractivity contribution >= 4 is 54.1 Å². The van der Waals surface area contributed by atoms with Gasteiger partial charge in [0.05, 0.1) is 21.3 Å². The van der Waals surface area contributed by atoms with Crippen molar-refractivity contribution in [3.05, 3.63) is 188 Å². The van der Waals surface area contributed by atoms with E-state index in [1.165, 1.54) is 21.0 Å². The van der Waals surface area contributed by atoms with E-state index in [-0.39, 0.29) is 0 Å². The Morgan fingerprint density at radius 2 is 0.982 bits per heavy atom. The predicted octanol–water partition coefficient (Wildman–Crippen LogP) is 13.1. The molecule has 3 aromatic heterocycles. The van der Waals surface area contributed by atoms with Gasteiger partial charge in [-0.3, -0.25) is 0 Å². The van der Waals surface area contributed by atoms with E-state index in [1.54, 1.807) is 11.3 Å². The van der Waals surface area contributed by atoms with Gasteiger partial charge in [-0.15, -0.1) is 11.3 Å². The fraction of sp³-hybridized carbons (Fsp3) is 0. The van der Waals surface area contributed by atoms with Crippen LogP contribution in [0.25, 0.3) is 104 Å². The molecule has 0 radical (unpaired) electrons. The van der Waals surface area contributed by atoms with Crippen molar-refractivity contribution in [3.8, 4) is 61.5 Å². The minimum Gasteiger partial charge on any atom is -0.309 e. The van der Waals surface area contributed by atoms with Crippen LogP contribution in [0.2, 0.25) is 0 Å². The Morgan fingerprint density at radius 1 is 0.393 bits per heavy atom. The van der Waals surface area contributed by atoms with E-state index in [2.05, 4.69) is 132 Å². The lowest BCUT2D eigenvalue weighted by Gasteiger charge is -2.11. The fourth-order valence-corrected chi connectivity index (χ4v) is 8.77. The molecule has 56 heavy (non-hydrogen) atoms. The summed E-state index contributed by atoms with van der Waals surface area (Å²) >= 11 is 1.75. The average molecular weight is 734 g/mol. The molecule has 0 aliphatic heterocycles. The lowest BCUT2D eigenvalue weighted by molar-refractivity contribution is 1.07. The van der Waals surface area contributed by atoms with Gasteiger partial charge in [0, 0.05) is 38.7 Å². The third-order valence-corrected chi connectivity index (χ3v) is 11.5. The van der Waals surface area contributed by atoms with Crippen molar-refractivity contribution in [2.45, 2.75) is 0 Å². The highest BCUT2D eigenvalue weighted by molar-refractivity contribution is 7.21. The topological polar surface area (TPSA) is 56.5 Å². The first-order chi connectivity index (χ1) is 27.7. The Hall–Kier alpha value is -7.28. The summed E-state index contributed by atoms with van der Waals surface area (Å²) in [5.74, 6) is 1.95. The zero-order valence-corrected chi connectivity index (χ0v) is 30.9. The maximum atomic E-state index is 5.04. The maximum Gasteiger partial charge on any atom is 0.164 e. The summed E-state index contributed by atoms with van der Waals surface area (Å²) in [6.45, 7) is 0. The number of nitrogens with zero attached hydrogens (tertiary/aromatic N) is 5. The molecule has 0 amide bonds. The van der Waals surface area contributed by atoms with Crippen LogP contribution in [-0.2, 0) is 0 Å². The molecular weight excluding hydrogens is 703 g/mol. The summed E-state index contributed by atoms with van der Waals surface area (Å²) in [5.41, 5.74) is 10.8. The Morgan fingerprint density at radius 3 is 1.71 bits per heavy atom. The van der Waals surface area contributed by atoms with Crippen molar-refractivity contribution in [1.29, 1.82) is 0 Å². The number of rotatable bonds is 6. The Labute approximate surface area is 326 Å². The fourth-order valence-electron chi connectivity index (χ4n) is 7.77. The van der Waals surface area contributed by atoms with Crippen molar-refractivity contribution in [1.82, 2.24) is 24.5 Å². The highest BCUT2D eigenvalue weighted by Gasteiger charge is 2.18. The quantitative estimate of drug-likeness (QED) is 0.171. The molecule has 0 aliphatic rings. The molecule has 8 aromatic carbocycles. The van der Waals surface area contributed by atoms with Crippen LogP contribution in [0.4, 0.5) is 0 Å². The summed E-state index contributed by atoms with van der Waals surface area (Å²) in [7, 11) is 0. The molecule has 0 unspecified atom stereocenters. The molecule has 0 bridgehead atoms. The van der Waals surface area contributed by atoms with Crippen LogP contribution < -0.4 is 0 Å². The van der Waals surface area contributed by atoms with Crippen molar-refractivity contribution in [3.63, 3.8) is 0 Å². The molecule has 0 fully saturated rings. The smallest absolute Gasteiger partial charge is 0.164 e. The normalized spacial score (nSPS) is 11.6. The van der Waals surface area contributed by atoms with Crippen LogP contribution in [-0.4, -0.2) is 24.5 Å². The first-order valence-electron chi connectivity index (χ1n) is 18.6. The zero-order valence-electron chi connectivity index (χ0n) is 30.0. The molecule has 262 valence electrons. The molecule has 11 aromatic rings. The summed E-state index contributed by atoms with van der Waals surface area (Å²) in [6, 6.07) is 65.8. The second-order valence-electron chi connectivity index (χ2n) is 13.9. The van der Waals surface area contributed by atoms with E-state index in [4.69, 9.17) is 19.9 Å². The summed E-state index contributed by atoms with van der Waals surface area (Å²) in [4.78, 5) is 19.9. The number of benzene rings is 8. The van der Waals surface area contributed by atoms with E-state index in [0.717, 1.165) is 65.9 Å². The molecule has 3 heterocycles. The Balaban J connectivity index is 0.977. The highest BCUT2D eigenvalue weighted by Crippen LogP contribution is 2.41. The highest BCUT2D eigenvalue weighted by atomic mass is 32.1. The van der Waals surface area contributed by atoms with Crippen LogP contribution >= 0.6 is 11.3 Å². The van der Waals surface area contributed by atoms with Gasteiger partial charge in [-0.2, -0.15) is 0 Å². The molecule has 0 atom stereocenters. The molecule has 0 aliphatic carbocycles. The van der Waals surface area contributed by atoms with E-state index in [1.807, 2.05) is 60.7 Å².